The quantitative estimate of drug-likeness (QED) is 0.176. The summed E-state index contributed by atoms with van der Waals surface area (Å²) in [5.74, 6) is 1.97. The third-order valence-electron chi connectivity index (χ3n) is 11.1. The van der Waals surface area contributed by atoms with Crippen molar-refractivity contribution in [3.63, 3.8) is 0 Å². The lowest BCUT2D eigenvalue weighted by Gasteiger charge is -2.08. The molecule has 12 aromatic rings. The summed E-state index contributed by atoms with van der Waals surface area (Å²) in [5, 5.41) is 7.08. The highest BCUT2D eigenvalue weighted by atomic mass is 32.1. The fourth-order valence-corrected chi connectivity index (χ4v) is 9.48. The number of nitrogens with zero attached hydrogens (tertiary/aromatic N) is 4. The molecule has 6 heteroatoms. The highest BCUT2D eigenvalue weighted by Gasteiger charge is 2.19. The molecule has 266 valence electrons. The van der Waals surface area contributed by atoms with Gasteiger partial charge in [-0.1, -0.05) is 127 Å². The Morgan fingerprint density at radius 1 is 0.368 bits per heavy atom. The molecule has 0 fully saturated rings. The molecule has 0 amide bonds. The van der Waals surface area contributed by atoms with Gasteiger partial charge in [0.15, 0.2) is 23.1 Å². The van der Waals surface area contributed by atoms with Crippen molar-refractivity contribution in [1.29, 1.82) is 0 Å². The molecular weight excluding hydrogens is 717 g/mol. The molecule has 4 heterocycles. The second-order valence-corrected chi connectivity index (χ2v) is 15.5. The van der Waals surface area contributed by atoms with Gasteiger partial charge in [0.05, 0.1) is 16.7 Å². The van der Waals surface area contributed by atoms with Crippen LogP contribution in [0.15, 0.2) is 186 Å². The number of hydrogen-bond acceptors (Lipinski definition) is 5. The number of hydrogen-bond donors (Lipinski definition) is 0. The first-order valence-corrected chi connectivity index (χ1v) is 19.8. The molecule has 0 N–H and O–H groups in total. The van der Waals surface area contributed by atoms with Gasteiger partial charge in [0.1, 0.15) is 5.58 Å². The van der Waals surface area contributed by atoms with Gasteiger partial charge in [0, 0.05) is 58.4 Å². The first-order chi connectivity index (χ1) is 28.2. The number of thiophene rings is 1. The van der Waals surface area contributed by atoms with Crippen molar-refractivity contribution in [3.8, 4) is 51.0 Å². The van der Waals surface area contributed by atoms with E-state index in [2.05, 4.69) is 126 Å². The van der Waals surface area contributed by atoms with Crippen LogP contribution in [-0.2, 0) is 0 Å². The van der Waals surface area contributed by atoms with Crippen LogP contribution in [-0.4, -0.2) is 19.5 Å². The monoisotopic (exact) mass is 746 g/mol. The van der Waals surface area contributed by atoms with Crippen LogP contribution in [0.5, 0.6) is 0 Å². The molecule has 12 rings (SSSR count). The minimum absolute atomic E-state index is 0.655. The number of para-hydroxylation sites is 3. The van der Waals surface area contributed by atoms with Crippen molar-refractivity contribution in [3.05, 3.63) is 182 Å². The second kappa shape index (κ2) is 12.6. The summed E-state index contributed by atoms with van der Waals surface area (Å²) in [6.07, 6.45) is 0. The van der Waals surface area contributed by atoms with E-state index in [0.717, 1.165) is 49.9 Å². The van der Waals surface area contributed by atoms with Crippen molar-refractivity contribution < 1.29 is 4.42 Å². The molecule has 0 saturated carbocycles. The summed E-state index contributed by atoms with van der Waals surface area (Å²) < 4.78 is 11.5. The van der Waals surface area contributed by atoms with Crippen LogP contribution in [0, 0.1) is 0 Å². The van der Waals surface area contributed by atoms with Gasteiger partial charge < -0.3 is 8.98 Å². The van der Waals surface area contributed by atoms with Crippen molar-refractivity contribution in [1.82, 2.24) is 19.5 Å². The van der Waals surface area contributed by atoms with Crippen molar-refractivity contribution in [2.75, 3.05) is 0 Å². The van der Waals surface area contributed by atoms with Gasteiger partial charge in [-0.05, 0) is 65.7 Å². The molecule has 57 heavy (non-hydrogen) atoms. The zero-order valence-corrected chi connectivity index (χ0v) is 31.2. The standard InChI is InChI=1S/C51H30N4OS/c1-3-12-31(13-4-1)49-52-50(32-14-5-2-6-15-32)54-51(53-49)35-24-27-46-41(29-35)38-25-22-34(30-47(38)57-46)33-23-26-45-40(28-33)39-18-11-21-44(48(39)56-45)55-42-19-9-7-16-36(42)37-17-8-10-20-43(37)55/h1-30H. The van der Waals surface area contributed by atoms with E-state index >= 15 is 0 Å². The molecule has 0 atom stereocenters. The lowest BCUT2D eigenvalue weighted by atomic mass is 10.0. The van der Waals surface area contributed by atoms with Crippen LogP contribution in [0.3, 0.4) is 0 Å². The summed E-state index contributed by atoms with van der Waals surface area (Å²) in [6, 6.07) is 63.8. The maximum atomic E-state index is 6.69. The Labute approximate surface area is 330 Å². The smallest absolute Gasteiger partial charge is 0.164 e. The van der Waals surface area contributed by atoms with Crippen LogP contribution in [0.1, 0.15) is 0 Å². The molecule has 8 aromatic carbocycles. The maximum absolute atomic E-state index is 6.69. The normalized spacial score (nSPS) is 11.9. The lowest BCUT2D eigenvalue weighted by molar-refractivity contribution is 0.666. The fraction of sp³-hybridized carbons (Fsp3) is 0. The average Bonchev–Trinajstić information content (AvgIpc) is 3.95. The Morgan fingerprint density at radius 3 is 1.63 bits per heavy atom. The molecule has 0 spiro atoms. The van der Waals surface area contributed by atoms with Gasteiger partial charge in [0.25, 0.3) is 0 Å². The third kappa shape index (κ3) is 5.12. The Hall–Kier alpha value is -7.41. The average molecular weight is 747 g/mol. The predicted molar refractivity (Wildman–Crippen MR) is 236 cm³/mol. The summed E-state index contributed by atoms with van der Waals surface area (Å²) in [5.41, 5.74) is 10.3. The summed E-state index contributed by atoms with van der Waals surface area (Å²) >= 11 is 1.81. The minimum atomic E-state index is 0.655. The number of furan rings is 1. The molecule has 0 aliphatic heterocycles. The summed E-state index contributed by atoms with van der Waals surface area (Å²) in [4.78, 5) is 14.9. The van der Waals surface area contributed by atoms with E-state index in [4.69, 9.17) is 19.4 Å². The number of fused-ring (bicyclic) bond motifs is 9. The molecule has 0 radical (unpaired) electrons. The summed E-state index contributed by atoms with van der Waals surface area (Å²) in [7, 11) is 0. The fourth-order valence-electron chi connectivity index (χ4n) is 8.35. The molecule has 0 aliphatic rings. The number of rotatable bonds is 5. The van der Waals surface area contributed by atoms with Crippen LogP contribution in [0.25, 0.3) is 115 Å². The van der Waals surface area contributed by atoms with E-state index < -0.39 is 0 Å². The van der Waals surface area contributed by atoms with Gasteiger partial charge in [-0.2, -0.15) is 0 Å². The van der Waals surface area contributed by atoms with Crippen molar-refractivity contribution in [2.24, 2.45) is 0 Å². The van der Waals surface area contributed by atoms with E-state index in [0.29, 0.717) is 17.5 Å². The van der Waals surface area contributed by atoms with E-state index in [9.17, 15) is 0 Å². The maximum Gasteiger partial charge on any atom is 0.164 e. The highest BCUT2D eigenvalue weighted by Crippen LogP contribution is 2.41. The molecule has 0 bridgehead atoms. The van der Waals surface area contributed by atoms with Crippen molar-refractivity contribution >= 4 is 75.3 Å². The topological polar surface area (TPSA) is 56.7 Å². The van der Waals surface area contributed by atoms with Gasteiger partial charge in [-0.25, -0.2) is 15.0 Å². The molecule has 0 unspecified atom stereocenters. The molecule has 4 aromatic heterocycles. The van der Waals surface area contributed by atoms with Gasteiger partial charge >= 0.3 is 0 Å². The Morgan fingerprint density at radius 2 is 0.930 bits per heavy atom. The Balaban J connectivity index is 0.950. The minimum Gasteiger partial charge on any atom is -0.454 e. The van der Waals surface area contributed by atoms with Crippen LogP contribution < -0.4 is 0 Å². The molecule has 0 aliphatic carbocycles. The lowest BCUT2D eigenvalue weighted by Crippen LogP contribution is -2.00. The van der Waals surface area contributed by atoms with Crippen LogP contribution in [0.4, 0.5) is 0 Å². The second-order valence-electron chi connectivity index (χ2n) is 14.4. The van der Waals surface area contributed by atoms with E-state index in [1.165, 1.54) is 47.5 Å². The Bertz CT molecular complexity index is 3420. The zero-order valence-electron chi connectivity index (χ0n) is 30.4. The molecule has 5 nitrogen and oxygen atoms in total. The number of benzene rings is 8. The van der Waals surface area contributed by atoms with E-state index in [1.54, 1.807) is 0 Å². The first-order valence-electron chi connectivity index (χ1n) is 19.0. The van der Waals surface area contributed by atoms with Gasteiger partial charge in [-0.3, -0.25) is 0 Å². The van der Waals surface area contributed by atoms with Crippen molar-refractivity contribution in [2.45, 2.75) is 0 Å². The molecule has 0 saturated heterocycles. The van der Waals surface area contributed by atoms with Crippen LogP contribution >= 0.6 is 11.3 Å². The highest BCUT2D eigenvalue weighted by molar-refractivity contribution is 7.25. The Kier molecular flexibility index (Phi) is 7.03. The summed E-state index contributed by atoms with van der Waals surface area (Å²) in [6.45, 7) is 0. The van der Waals surface area contributed by atoms with E-state index in [-0.39, 0.29) is 0 Å². The van der Waals surface area contributed by atoms with Gasteiger partial charge in [0.2, 0.25) is 0 Å². The number of aromatic nitrogens is 4. The largest absolute Gasteiger partial charge is 0.454 e. The van der Waals surface area contributed by atoms with Gasteiger partial charge in [-0.15, -0.1) is 11.3 Å². The first kappa shape index (κ1) is 31.9. The van der Waals surface area contributed by atoms with E-state index in [1.807, 2.05) is 72.0 Å². The predicted octanol–water partition coefficient (Wildman–Crippen LogP) is 13.9. The SMILES string of the molecule is c1ccc(-c2nc(-c3ccccc3)nc(-c3ccc4sc5cc(-c6ccc7oc8c(-n9c%10ccccc%10c%10ccccc%109)cccc8c7c6)ccc5c4c3)n2)cc1. The molecular formula is C51H30N4OS. The third-order valence-corrected chi connectivity index (χ3v) is 12.2. The zero-order chi connectivity index (χ0) is 37.5. The van der Waals surface area contributed by atoms with Crippen LogP contribution in [0.2, 0.25) is 0 Å².